The van der Waals surface area contributed by atoms with Crippen LogP contribution in [-0.2, 0) is 9.59 Å². The van der Waals surface area contributed by atoms with Crippen LogP contribution in [0.3, 0.4) is 0 Å². The van der Waals surface area contributed by atoms with E-state index in [2.05, 4.69) is 0 Å². The smallest absolute Gasteiger partial charge is 0.170 e. The first kappa shape index (κ1) is 7.19. The molecule has 0 saturated heterocycles. The highest BCUT2D eigenvalue weighted by Crippen LogP contribution is 2.17. The van der Waals surface area contributed by atoms with Crippen LogP contribution in [0, 0.1) is 0 Å². The molecule has 3 heteroatoms. The molecule has 1 aliphatic rings. The number of carbonyl (C=O) groups excluding carboxylic acids is 2. The Kier molecular flexibility index (Phi) is 2.00. The lowest BCUT2D eigenvalue weighted by atomic mass is 9.92. The molecule has 3 nitrogen and oxygen atoms in total. The molecule has 0 aromatic rings. The summed E-state index contributed by atoms with van der Waals surface area (Å²) in [5, 5.41) is 8.98. The van der Waals surface area contributed by atoms with E-state index in [1.165, 1.54) is 0 Å². The van der Waals surface area contributed by atoms with Crippen molar-refractivity contribution in [3.63, 3.8) is 0 Å². The van der Waals surface area contributed by atoms with E-state index in [1.807, 2.05) is 0 Å². The van der Waals surface area contributed by atoms with Crippen LogP contribution in [0.4, 0.5) is 0 Å². The third-order valence-corrected chi connectivity index (χ3v) is 1.60. The van der Waals surface area contributed by atoms with Gasteiger partial charge in [0.25, 0.3) is 0 Å². The van der Waals surface area contributed by atoms with Crippen molar-refractivity contribution in [1.82, 2.24) is 0 Å². The van der Waals surface area contributed by atoms with Crippen molar-refractivity contribution in [2.24, 2.45) is 0 Å². The fourth-order valence-corrected chi connectivity index (χ4v) is 0.999. The van der Waals surface area contributed by atoms with Crippen molar-refractivity contribution < 1.29 is 14.7 Å². The molecular formula is C7H8O3. The molecule has 0 aromatic heterocycles. The molecular weight excluding hydrogens is 132 g/mol. The van der Waals surface area contributed by atoms with Crippen LogP contribution < -0.4 is 0 Å². The zero-order valence-electron chi connectivity index (χ0n) is 5.46. The van der Waals surface area contributed by atoms with E-state index < -0.39 is 6.10 Å². The molecule has 1 N–H and O–H groups in total. The largest absolute Gasteiger partial charge is 0.393 e. The maximum Gasteiger partial charge on any atom is 0.170 e. The second-order valence-electron chi connectivity index (χ2n) is 2.40. The Hall–Kier alpha value is -0.920. The number of carbonyl (C=O) groups is 1. The zero-order valence-corrected chi connectivity index (χ0v) is 5.46. The maximum atomic E-state index is 10.8. The zero-order chi connectivity index (χ0) is 7.56. The standard InChI is InChI=1S/C7H8O3/c8-4-5-3-6(9)1-2-7(5)10/h6,9H,1-3H2. The maximum absolute atomic E-state index is 10.8. The monoisotopic (exact) mass is 140 g/mol. The lowest BCUT2D eigenvalue weighted by Gasteiger charge is -2.14. The molecule has 0 radical (unpaired) electrons. The number of hydrogen-bond donors (Lipinski definition) is 1. The molecule has 1 aliphatic carbocycles. The van der Waals surface area contributed by atoms with E-state index in [0.29, 0.717) is 6.42 Å². The first-order chi connectivity index (χ1) is 4.74. The highest BCUT2D eigenvalue weighted by molar-refractivity contribution is 6.02. The van der Waals surface area contributed by atoms with Gasteiger partial charge in [-0.15, -0.1) is 0 Å². The summed E-state index contributed by atoms with van der Waals surface area (Å²) in [4.78, 5) is 20.8. The number of aliphatic hydroxyl groups is 1. The molecule has 1 saturated carbocycles. The third-order valence-electron chi connectivity index (χ3n) is 1.60. The predicted molar refractivity (Wildman–Crippen MR) is 34.1 cm³/mol. The lowest BCUT2D eigenvalue weighted by Crippen LogP contribution is -2.20. The summed E-state index contributed by atoms with van der Waals surface area (Å²) in [5.41, 5.74) is 0.110. The normalized spacial score (nSPS) is 26.3. The van der Waals surface area contributed by atoms with Gasteiger partial charge in [-0.05, 0) is 6.42 Å². The summed E-state index contributed by atoms with van der Waals surface area (Å²) in [5.74, 6) is 1.37. The van der Waals surface area contributed by atoms with Crippen LogP contribution in [0.15, 0.2) is 5.57 Å². The molecule has 1 atom stereocenters. The highest BCUT2D eigenvalue weighted by Gasteiger charge is 2.22. The topological polar surface area (TPSA) is 54.4 Å². The first-order valence-electron chi connectivity index (χ1n) is 3.19. The van der Waals surface area contributed by atoms with E-state index in [0.717, 1.165) is 0 Å². The van der Waals surface area contributed by atoms with Crippen LogP contribution >= 0.6 is 0 Å². The number of Topliss-reactive ketones (excluding diaryl/α,β-unsaturated/α-hetero) is 1. The first-order valence-corrected chi connectivity index (χ1v) is 3.19. The van der Waals surface area contributed by atoms with Gasteiger partial charge in [0.15, 0.2) is 5.78 Å². The Morgan fingerprint density at radius 1 is 1.60 bits per heavy atom. The van der Waals surface area contributed by atoms with Gasteiger partial charge >= 0.3 is 0 Å². The van der Waals surface area contributed by atoms with Crippen molar-refractivity contribution in [1.29, 1.82) is 0 Å². The van der Waals surface area contributed by atoms with E-state index in [9.17, 15) is 9.59 Å². The molecule has 0 spiro atoms. The van der Waals surface area contributed by atoms with Gasteiger partial charge in [-0.1, -0.05) is 0 Å². The van der Waals surface area contributed by atoms with Crippen LogP contribution in [0.25, 0.3) is 0 Å². The molecule has 10 heavy (non-hydrogen) atoms. The van der Waals surface area contributed by atoms with E-state index >= 15 is 0 Å². The minimum absolute atomic E-state index is 0.110. The van der Waals surface area contributed by atoms with Gasteiger partial charge in [-0.2, -0.15) is 0 Å². The number of ketones is 1. The van der Waals surface area contributed by atoms with Crippen molar-refractivity contribution in [2.75, 3.05) is 0 Å². The third kappa shape index (κ3) is 1.32. The molecule has 0 aromatic carbocycles. The van der Waals surface area contributed by atoms with Crippen LogP contribution in [-0.4, -0.2) is 22.9 Å². The Morgan fingerprint density at radius 2 is 2.30 bits per heavy atom. The molecule has 1 rings (SSSR count). The van der Waals surface area contributed by atoms with Crippen molar-refractivity contribution >= 4 is 11.7 Å². The Labute approximate surface area is 58.4 Å². The number of hydrogen-bond acceptors (Lipinski definition) is 3. The Balaban J connectivity index is 2.72. The minimum atomic E-state index is -0.519. The molecule has 54 valence electrons. The number of rotatable bonds is 0. The summed E-state index contributed by atoms with van der Waals surface area (Å²) in [6.07, 6.45) is 0.423. The Morgan fingerprint density at radius 3 is 2.80 bits per heavy atom. The van der Waals surface area contributed by atoms with E-state index in [4.69, 9.17) is 5.11 Å². The van der Waals surface area contributed by atoms with E-state index in [-0.39, 0.29) is 24.2 Å². The van der Waals surface area contributed by atoms with Crippen LogP contribution in [0.5, 0.6) is 0 Å². The predicted octanol–water partition coefficient (Wildman–Crippen LogP) is -0.142. The summed E-state index contributed by atoms with van der Waals surface area (Å²) in [6, 6.07) is 0. The average molecular weight is 140 g/mol. The van der Waals surface area contributed by atoms with Crippen molar-refractivity contribution in [3.05, 3.63) is 5.57 Å². The van der Waals surface area contributed by atoms with Crippen LogP contribution in [0.2, 0.25) is 0 Å². The van der Waals surface area contributed by atoms with Crippen molar-refractivity contribution in [3.8, 4) is 0 Å². The summed E-state index contributed by atoms with van der Waals surface area (Å²) < 4.78 is 0. The van der Waals surface area contributed by atoms with Gasteiger partial charge in [0, 0.05) is 12.8 Å². The van der Waals surface area contributed by atoms with Gasteiger partial charge in [0.05, 0.1) is 11.7 Å². The fraction of sp³-hybridized carbons (Fsp3) is 0.571. The van der Waals surface area contributed by atoms with Gasteiger partial charge < -0.3 is 5.11 Å². The fourth-order valence-electron chi connectivity index (χ4n) is 0.999. The lowest BCUT2D eigenvalue weighted by molar-refractivity contribution is -0.117. The minimum Gasteiger partial charge on any atom is -0.393 e. The second kappa shape index (κ2) is 2.78. The van der Waals surface area contributed by atoms with Crippen molar-refractivity contribution in [2.45, 2.75) is 25.4 Å². The molecule has 1 fully saturated rings. The summed E-state index contributed by atoms with van der Waals surface area (Å²) >= 11 is 0. The molecule has 0 heterocycles. The quantitative estimate of drug-likeness (QED) is 0.376. The SMILES string of the molecule is O=C=C1CC(O)CCC1=O. The summed E-state index contributed by atoms with van der Waals surface area (Å²) in [6.45, 7) is 0. The van der Waals surface area contributed by atoms with Gasteiger partial charge in [-0.25, -0.2) is 4.79 Å². The van der Waals surface area contributed by atoms with Gasteiger partial charge in [-0.3, -0.25) is 4.79 Å². The second-order valence-corrected chi connectivity index (χ2v) is 2.40. The average Bonchev–Trinajstić information content (AvgIpc) is 1.94. The molecule has 0 aliphatic heterocycles. The van der Waals surface area contributed by atoms with Gasteiger partial charge in [0.2, 0.25) is 0 Å². The molecule has 1 unspecified atom stereocenters. The van der Waals surface area contributed by atoms with E-state index in [1.54, 1.807) is 5.94 Å². The van der Waals surface area contributed by atoms with Crippen LogP contribution in [0.1, 0.15) is 19.3 Å². The highest BCUT2D eigenvalue weighted by atomic mass is 16.3. The number of aliphatic hydroxyl groups excluding tert-OH is 1. The summed E-state index contributed by atoms with van der Waals surface area (Å²) in [7, 11) is 0. The molecule has 0 bridgehead atoms. The van der Waals surface area contributed by atoms with Gasteiger partial charge in [0.1, 0.15) is 5.94 Å². The Bertz CT molecular complexity index is 201. The molecule has 0 amide bonds.